The maximum Gasteiger partial charge on any atom is 0.330 e. The summed E-state index contributed by atoms with van der Waals surface area (Å²) < 4.78 is 2.06. The molecule has 98 valence electrons. The first-order chi connectivity index (χ1) is 8.35. The lowest BCUT2D eigenvalue weighted by molar-refractivity contribution is 0.543. The highest BCUT2D eigenvalue weighted by molar-refractivity contribution is 7.85. The molecule has 1 unspecified atom stereocenters. The summed E-state index contributed by atoms with van der Waals surface area (Å²) in [6.45, 7) is 2.01. The summed E-state index contributed by atoms with van der Waals surface area (Å²) in [6.07, 6.45) is 1.45. The topological polar surface area (TPSA) is 72.7 Å². The van der Waals surface area contributed by atoms with Gasteiger partial charge in [-0.05, 0) is 6.92 Å². The van der Waals surface area contributed by atoms with Crippen molar-refractivity contribution in [3.05, 3.63) is 27.0 Å². The van der Waals surface area contributed by atoms with Gasteiger partial charge in [-0.25, -0.2) is 4.79 Å². The molecule has 0 amide bonds. The third-order valence-electron chi connectivity index (χ3n) is 2.72. The first kappa shape index (κ1) is 13.3. The van der Waals surface area contributed by atoms with Crippen LogP contribution >= 0.6 is 25.3 Å². The predicted octanol–water partition coefficient (Wildman–Crippen LogP) is 0.0416. The van der Waals surface area contributed by atoms with Gasteiger partial charge in [-0.2, -0.15) is 30.4 Å². The Kier molecular flexibility index (Phi) is 3.33. The first-order valence-electron chi connectivity index (χ1n) is 5.34. The fraction of sp³-hybridized carbons (Fsp3) is 0.500. The van der Waals surface area contributed by atoms with Crippen molar-refractivity contribution in [2.45, 2.75) is 18.2 Å². The van der Waals surface area contributed by atoms with E-state index in [1.54, 1.807) is 7.05 Å². The molecule has 2 aromatic heterocycles. The van der Waals surface area contributed by atoms with E-state index in [9.17, 15) is 9.59 Å². The second kappa shape index (κ2) is 4.51. The Bertz CT molecular complexity index is 698. The Balaban J connectivity index is 2.66. The quantitative estimate of drug-likeness (QED) is 0.698. The normalized spacial score (nSPS) is 14.9. The van der Waals surface area contributed by atoms with Crippen LogP contribution in [0.15, 0.2) is 15.8 Å². The van der Waals surface area contributed by atoms with Crippen molar-refractivity contribution in [1.29, 1.82) is 0 Å². The summed E-state index contributed by atoms with van der Waals surface area (Å²) in [5.74, 6) is 0.451. The Morgan fingerprint density at radius 3 is 2.78 bits per heavy atom. The minimum Gasteiger partial charge on any atom is -0.291 e. The molecule has 0 aliphatic carbocycles. The molecule has 2 heterocycles. The number of fused-ring (bicyclic) bond motifs is 1. The third-order valence-corrected chi connectivity index (χ3v) is 3.97. The summed E-state index contributed by atoms with van der Waals surface area (Å²) in [5, 5.41) is 4.34. The molecule has 6 nitrogen and oxygen atoms in total. The molecule has 0 aliphatic rings. The van der Waals surface area contributed by atoms with Crippen LogP contribution in [-0.2, 0) is 13.6 Å². The molecule has 2 rings (SSSR count). The number of aromatic nitrogens is 4. The van der Waals surface area contributed by atoms with Crippen LogP contribution in [0.5, 0.6) is 0 Å². The van der Waals surface area contributed by atoms with Gasteiger partial charge in [0.1, 0.15) is 11.0 Å². The van der Waals surface area contributed by atoms with Gasteiger partial charge in [-0.3, -0.25) is 19.0 Å². The van der Waals surface area contributed by atoms with Gasteiger partial charge in [0.15, 0.2) is 0 Å². The van der Waals surface area contributed by atoms with Gasteiger partial charge in [0, 0.05) is 24.1 Å². The summed E-state index contributed by atoms with van der Waals surface area (Å²) in [7, 11) is 1.67. The third kappa shape index (κ3) is 2.22. The number of thiol groups is 2. The lowest BCUT2D eigenvalue weighted by atomic mass is 10.2. The molecule has 0 aliphatic heterocycles. The monoisotopic (exact) mass is 286 g/mol. The van der Waals surface area contributed by atoms with Crippen molar-refractivity contribution < 1.29 is 0 Å². The number of hydrogen-bond donors (Lipinski definition) is 3. The van der Waals surface area contributed by atoms with E-state index in [2.05, 4.69) is 35.3 Å². The fourth-order valence-electron chi connectivity index (χ4n) is 1.68. The number of H-pyrrole nitrogens is 1. The van der Waals surface area contributed by atoms with Gasteiger partial charge in [0.2, 0.25) is 0 Å². The molecule has 0 aromatic carbocycles. The van der Waals surface area contributed by atoms with Crippen LogP contribution in [0.25, 0.3) is 11.0 Å². The number of rotatable bonds is 3. The summed E-state index contributed by atoms with van der Waals surface area (Å²) in [6, 6.07) is 0. The zero-order valence-electron chi connectivity index (χ0n) is 10.0. The first-order valence-corrected chi connectivity index (χ1v) is 6.42. The smallest absolute Gasteiger partial charge is 0.291 e. The van der Waals surface area contributed by atoms with E-state index in [1.165, 1.54) is 10.9 Å². The number of hydrogen-bond acceptors (Lipinski definition) is 5. The largest absolute Gasteiger partial charge is 0.330 e. The van der Waals surface area contributed by atoms with E-state index < -0.39 is 10.4 Å². The highest BCUT2D eigenvalue weighted by atomic mass is 32.1. The van der Waals surface area contributed by atoms with Crippen molar-refractivity contribution in [2.75, 3.05) is 5.75 Å². The molecule has 2 aromatic rings. The van der Waals surface area contributed by atoms with Crippen molar-refractivity contribution in [1.82, 2.24) is 19.3 Å². The molecule has 0 saturated heterocycles. The Labute approximate surface area is 114 Å². The molecule has 18 heavy (non-hydrogen) atoms. The molecular formula is C10H14N4O2S2. The summed E-state index contributed by atoms with van der Waals surface area (Å²) in [4.78, 5) is 26.7. The highest BCUT2D eigenvalue weighted by Crippen LogP contribution is 2.16. The molecule has 1 atom stereocenters. The number of nitrogens with one attached hydrogen (secondary N) is 1. The zero-order chi connectivity index (χ0) is 13.5. The molecule has 0 spiro atoms. The van der Waals surface area contributed by atoms with Gasteiger partial charge >= 0.3 is 5.69 Å². The van der Waals surface area contributed by atoms with E-state index >= 15 is 0 Å². The average molecular weight is 286 g/mol. The van der Waals surface area contributed by atoms with Crippen LogP contribution in [0.4, 0.5) is 0 Å². The van der Waals surface area contributed by atoms with Crippen molar-refractivity contribution in [2.24, 2.45) is 7.05 Å². The van der Waals surface area contributed by atoms with Crippen LogP contribution in [0.1, 0.15) is 6.92 Å². The van der Waals surface area contributed by atoms with E-state index in [0.29, 0.717) is 16.8 Å². The lowest BCUT2D eigenvalue weighted by Crippen LogP contribution is -2.41. The van der Waals surface area contributed by atoms with E-state index in [0.717, 1.165) is 4.57 Å². The Hall–Kier alpha value is -1.15. The molecule has 1 N–H and O–H groups in total. The molecule has 0 fully saturated rings. The van der Waals surface area contributed by atoms with Crippen LogP contribution in [-0.4, -0.2) is 29.8 Å². The fourth-order valence-corrected chi connectivity index (χ4v) is 1.92. The average Bonchev–Trinajstić information content (AvgIpc) is 2.67. The van der Waals surface area contributed by atoms with Crippen molar-refractivity contribution in [3.63, 3.8) is 0 Å². The van der Waals surface area contributed by atoms with Crippen LogP contribution < -0.4 is 11.2 Å². The number of nitrogens with zero attached hydrogens (tertiary/aromatic N) is 3. The van der Waals surface area contributed by atoms with Gasteiger partial charge in [-0.15, -0.1) is 0 Å². The SMILES string of the molecule is Cn1ncc2c(=O)n(CC(C)(S)CS)c(=O)[nH]c21. The maximum absolute atomic E-state index is 12.2. The second-order valence-electron chi connectivity index (χ2n) is 4.51. The van der Waals surface area contributed by atoms with E-state index in [-0.39, 0.29) is 12.1 Å². The zero-order valence-corrected chi connectivity index (χ0v) is 11.8. The molecule has 0 radical (unpaired) electrons. The standard InChI is InChI=1S/C10H14N4O2S2/c1-10(18,5-17)4-14-8(15)6-3-11-13(2)7(6)12-9(14)16/h3,17-18H,4-5H2,1-2H3,(H,12,16). The van der Waals surface area contributed by atoms with Crippen molar-refractivity contribution >= 4 is 36.3 Å². The molecule has 0 bridgehead atoms. The van der Waals surface area contributed by atoms with Gasteiger partial charge in [-0.1, -0.05) is 0 Å². The predicted molar refractivity (Wildman–Crippen MR) is 76.8 cm³/mol. The molecule has 0 saturated carbocycles. The minimum atomic E-state index is -0.532. The number of aromatic amines is 1. The van der Waals surface area contributed by atoms with Crippen LogP contribution in [0.3, 0.4) is 0 Å². The van der Waals surface area contributed by atoms with Gasteiger partial charge in [0.25, 0.3) is 5.56 Å². The Morgan fingerprint density at radius 1 is 1.50 bits per heavy atom. The highest BCUT2D eigenvalue weighted by Gasteiger charge is 2.21. The second-order valence-corrected chi connectivity index (χ2v) is 5.90. The van der Waals surface area contributed by atoms with Crippen LogP contribution in [0.2, 0.25) is 0 Å². The van der Waals surface area contributed by atoms with Gasteiger partial charge in [0.05, 0.1) is 6.20 Å². The van der Waals surface area contributed by atoms with E-state index in [4.69, 9.17) is 0 Å². The lowest BCUT2D eigenvalue weighted by Gasteiger charge is -2.21. The Morgan fingerprint density at radius 2 is 2.17 bits per heavy atom. The van der Waals surface area contributed by atoms with Crippen LogP contribution in [0, 0.1) is 0 Å². The minimum absolute atomic E-state index is 0.193. The summed E-state index contributed by atoms with van der Waals surface area (Å²) in [5.41, 5.74) is -0.393. The van der Waals surface area contributed by atoms with E-state index in [1.807, 2.05) is 6.92 Å². The maximum atomic E-state index is 12.2. The summed E-state index contributed by atoms with van der Waals surface area (Å²) >= 11 is 8.54. The van der Waals surface area contributed by atoms with Crippen molar-refractivity contribution in [3.8, 4) is 0 Å². The molecular weight excluding hydrogens is 272 g/mol. The molecule has 8 heteroatoms. The van der Waals surface area contributed by atoms with Gasteiger partial charge < -0.3 is 0 Å². The number of aryl methyl sites for hydroxylation is 1.